The summed E-state index contributed by atoms with van der Waals surface area (Å²) >= 11 is 0. The van der Waals surface area contributed by atoms with E-state index in [4.69, 9.17) is 0 Å². The fourth-order valence-corrected chi connectivity index (χ4v) is 2.87. The molecule has 0 saturated heterocycles. The van der Waals surface area contributed by atoms with Crippen LogP contribution < -0.4 is 0 Å². The van der Waals surface area contributed by atoms with Crippen molar-refractivity contribution in [3.8, 4) is 22.3 Å². The smallest absolute Gasteiger partial charge is 0.0177 e. The van der Waals surface area contributed by atoms with E-state index in [1.165, 1.54) is 33.0 Å². The predicted octanol–water partition coefficient (Wildman–Crippen LogP) is 6.17. The minimum Gasteiger partial charge on any atom is -0.0622 e. The third kappa shape index (κ3) is 2.40. The van der Waals surface area contributed by atoms with Crippen LogP contribution in [-0.2, 0) is 0 Å². The second-order valence-corrected chi connectivity index (χ2v) is 5.51. The highest BCUT2D eigenvalue weighted by molar-refractivity contribution is 5.90. The second kappa shape index (κ2) is 5.50. The van der Waals surface area contributed by atoms with Gasteiger partial charge in [-0.1, -0.05) is 84.9 Å². The van der Waals surface area contributed by atoms with Crippen molar-refractivity contribution in [1.29, 1.82) is 0 Å². The minimum absolute atomic E-state index is 1.26. The van der Waals surface area contributed by atoms with E-state index in [1.807, 2.05) is 0 Å². The molecule has 0 aliphatic rings. The van der Waals surface area contributed by atoms with Gasteiger partial charge in [-0.15, -0.1) is 0 Å². The third-order valence-corrected chi connectivity index (χ3v) is 4.05. The average Bonchev–Trinajstić information content (AvgIpc) is 2.62. The maximum atomic E-state index is 2.26. The van der Waals surface area contributed by atoms with Gasteiger partial charge < -0.3 is 0 Å². The van der Waals surface area contributed by atoms with Gasteiger partial charge in [0.15, 0.2) is 0 Å². The molecule has 4 aromatic carbocycles. The van der Waals surface area contributed by atoms with Gasteiger partial charge in [0.1, 0.15) is 0 Å². The summed E-state index contributed by atoms with van der Waals surface area (Å²) in [6.45, 7) is 0. The van der Waals surface area contributed by atoms with Gasteiger partial charge in [-0.25, -0.2) is 0 Å². The van der Waals surface area contributed by atoms with Gasteiger partial charge in [-0.2, -0.15) is 0 Å². The highest BCUT2D eigenvalue weighted by Gasteiger charge is 2.02. The van der Waals surface area contributed by atoms with Crippen LogP contribution in [0.25, 0.3) is 33.0 Å². The zero-order valence-corrected chi connectivity index (χ0v) is 12.2. The highest BCUT2D eigenvalue weighted by Crippen LogP contribution is 2.28. The molecule has 0 radical (unpaired) electrons. The van der Waals surface area contributed by atoms with Crippen LogP contribution in [0.3, 0.4) is 0 Å². The molecule has 0 saturated carbocycles. The molecule has 4 aromatic rings. The Morgan fingerprint density at radius 2 is 0.727 bits per heavy atom. The standard InChI is InChI=1S/C22H16/c1-3-7-17(8-4-1)19-11-13-22-16-20(12-14-21(22)15-19)18-9-5-2-6-10-18/h1-16H. The van der Waals surface area contributed by atoms with Crippen molar-refractivity contribution in [1.82, 2.24) is 0 Å². The monoisotopic (exact) mass is 280 g/mol. The van der Waals surface area contributed by atoms with Crippen LogP contribution in [0.15, 0.2) is 97.1 Å². The van der Waals surface area contributed by atoms with Crippen molar-refractivity contribution >= 4 is 10.8 Å². The van der Waals surface area contributed by atoms with Gasteiger partial charge in [-0.05, 0) is 45.2 Å². The van der Waals surface area contributed by atoms with Gasteiger partial charge in [0.05, 0.1) is 0 Å². The molecular weight excluding hydrogens is 264 g/mol. The Morgan fingerprint density at radius 1 is 0.318 bits per heavy atom. The summed E-state index contributed by atoms with van der Waals surface area (Å²) in [5.41, 5.74) is 5.05. The zero-order valence-electron chi connectivity index (χ0n) is 12.2. The molecule has 0 atom stereocenters. The third-order valence-electron chi connectivity index (χ3n) is 4.05. The Labute approximate surface area is 130 Å². The molecule has 0 aliphatic carbocycles. The van der Waals surface area contributed by atoms with E-state index in [1.54, 1.807) is 0 Å². The Bertz CT molecular complexity index is 827. The van der Waals surface area contributed by atoms with E-state index in [2.05, 4.69) is 97.1 Å². The molecule has 0 amide bonds. The van der Waals surface area contributed by atoms with E-state index in [9.17, 15) is 0 Å². The molecule has 0 aromatic heterocycles. The van der Waals surface area contributed by atoms with Gasteiger partial charge in [0, 0.05) is 0 Å². The molecule has 0 bridgehead atoms. The molecule has 0 nitrogen and oxygen atoms in total. The van der Waals surface area contributed by atoms with E-state index in [0.29, 0.717) is 0 Å². The first kappa shape index (κ1) is 12.8. The molecule has 22 heavy (non-hydrogen) atoms. The van der Waals surface area contributed by atoms with Crippen molar-refractivity contribution in [2.45, 2.75) is 0 Å². The molecule has 104 valence electrons. The van der Waals surface area contributed by atoms with E-state index >= 15 is 0 Å². The van der Waals surface area contributed by atoms with Crippen molar-refractivity contribution in [3.05, 3.63) is 97.1 Å². The van der Waals surface area contributed by atoms with Crippen LogP contribution in [0.4, 0.5) is 0 Å². The summed E-state index contributed by atoms with van der Waals surface area (Å²) in [5.74, 6) is 0. The number of fused-ring (bicyclic) bond motifs is 1. The number of hydrogen-bond donors (Lipinski definition) is 0. The first-order chi connectivity index (χ1) is 10.9. The van der Waals surface area contributed by atoms with Crippen molar-refractivity contribution in [2.75, 3.05) is 0 Å². The van der Waals surface area contributed by atoms with Gasteiger partial charge >= 0.3 is 0 Å². The molecule has 0 N–H and O–H groups in total. The lowest BCUT2D eigenvalue weighted by molar-refractivity contribution is 1.63. The maximum Gasteiger partial charge on any atom is -0.0177 e. The molecule has 0 aliphatic heterocycles. The van der Waals surface area contributed by atoms with Crippen LogP contribution >= 0.6 is 0 Å². The lowest BCUT2D eigenvalue weighted by atomic mass is 9.98. The summed E-state index contributed by atoms with van der Waals surface area (Å²) in [7, 11) is 0. The average molecular weight is 280 g/mol. The van der Waals surface area contributed by atoms with Crippen LogP contribution in [0, 0.1) is 0 Å². The quantitative estimate of drug-likeness (QED) is 0.411. The maximum absolute atomic E-state index is 2.26. The van der Waals surface area contributed by atoms with Crippen LogP contribution in [0.2, 0.25) is 0 Å². The highest BCUT2D eigenvalue weighted by atomic mass is 14.1. The van der Waals surface area contributed by atoms with E-state index in [0.717, 1.165) is 0 Å². The molecule has 0 fully saturated rings. The first-order valence-corrected chi connectivity index (χ1v) is 7.55. The fraction of sp³-hybridized carbons (Fsp3) is 0. The summed E-state index contributed by atoms with van der Waals surface area (Å²) in [6.07, 6.45) is 0. The number of benzene rings is 4. The Morgan fingerprint density at radius 3 is 1.14 bits per heavy atom. The molecular formula is C22H16. The Hall–Kier alpha value is -2.86. The van der Waals surface area contributed by atoms with Crippen molar-refractivity contribution in [2.24, 2.45) is 0 Å². The van der Waals surface area contributed by atoms with Gasteiger partial charge in [0.25, 0.3) is 0 Å². The van der Waals surface area contributed by atoms with Crippen molar-refractivity contribution < 1.29 is 0 Å². The summed E-state index contributed by atoms with van der Waals surface area (Å²) in [6, 6.07) is 34.4. The number of hydrogen-bond acceptors (Lipinski definition) is 0. The summed E-state index contributed by atoms with van der Waals surface area (Å²) < 4.78 is 0. The minimum atomic E-state index is 1.26. The fourth-order valence-electron chi connectivity index (χ4n) is 2.87. The van der Waals surface area contributed by atoms with E-state index < -0.39 is 0 Å². The van der Waals surface area contributed by atoms with Gasteiger partial charge in [-0.3, -0.25) is 0 Å². The van der Waals surface area contributed by atoms with Gasteiger partial charge in [0.2, 0.25) is 0 Å². The largest absolute Gasteiger partial charge is 0.0622 e. The van der Waals surface area contributed by atoms with Crippen molar-refractivity contribution in [3.63, 3.8) is 0 Å². The Kier molecular flexibility index (Phi) is 3.21. The molecule has 4 rings (SSSR count). The predicted molar refractivity (Wildman–Crippen MR) is 94.8 cm³/mol. The first-order valence-electron chi connectivity index (χ1n) is 7.55. The lowest BCUT2D eigenvalue weighted by Crippen LogP contribution is -1.81. The zero-order chi connectivity index (χ0) is 14.8. The van der Waals surface area contributed by atoms with Crippen LogP contribution in [0.5, 0.6) is 0 Å². The van der Waals surface area contributed by atoms with Crippen LogP contribution in [-0.4, -0.2) is 0 Å². The summed E-state index contributed by atoms with van der Waals surface area (Å²) in [4.78, 5) is 0. The Balaban J connectivity index is 1.80. The van der Waals surface area contributed by atoms with E-state index in [-0.39, 0.29) is 0 Å². The van der Waals surface area contributed by atoms with Crippen LogP contribution in [0.1, 0.15) is 0 Å². The summed E-state index contributed by atoms with van der Waals surface area (Å²) in [5, 5.41) is 2.56. The second-order valence-electron chi connectivity index (χ2n) is 5.51. The molecule has 0 heterocycles. The molecule has 0 heteroatoms. The SMILES string of the molecule is c1ccc(-c2ccc3cc(-c4ccccc4)ccc3c2)cc1. The lowest BCUT2D eigenvalue weighted by Gasteiger charge is -2.07. The molecule has 0 unspecified atom stereocenters. The topological polar surface area (TPSA) is 0 Å². The number of rotatable bonds is 2. The normalized spacial score (nSPS) is 10.7. The molecule has 0 spiro atoms.